The number of hydrogen-bond donors (Lipinski definition) is 0. The Morgan fingerprint density at radius 3 is 2.42 bits per heavy atom. The maximum absolute atomic E-state index is 13.2. The first-order valence-corrected chi connectivity index (χ1v) is 9.99. The van der Waals surface area contributed by atoms with Gasteiger partial charge < -0.3 is 0 Å². The lowest BCUT2D eigenvalue weighted by Gasteiger charge is -2.33. The van der Waals surface area contributed by atoms with Crippen LogP contribution in [0.2, 0.25) is 0 Å². The third-order valence-corrected chi connectivity index (χ3v) is 7.53. The highest BCUT2D eigenvalue weighted by Crippen LogP contribution is 2.36. The molecule has 2 fully saturated rings. The molecule has 1 heterocycles. The van der Waals surface area contributed by atoms with E-state index in [1.165, 1.54) is 18.6 Å². The number of halogens is 1. The minimum atomic E-state index is -3.51. The topological polar surface area (TPSA) is 49.9 Å². The van der Waals surface area contributed by atoms with Gasteiger partial charge in [-0.25, -0.2) is 17.1 Å². The molecule has 134 valence electrons. The molecule has 7 heteroatoms. The molecule has 3 rings (SSSR count). The molecule has 24 heavy (non-hydrogen) atoms. The fourth-order valence-electron chi connectivity index (χ4n) is 3.80. The lowest BCUT2D eigenvalue weighted by Crippen LogP contribution is -2.45. The van der Waals surface area contributed by atoms with Gasteiger partial charge in [-0.2, -0.15) is 5.06 Å². The monoisotopic (exact) mass is 356 g/mol. The summed E-state index contributed by atoms with van der Waals surface area (Å²) < 4.78 is 41.1. The predicted octanol–water partition coefficient (Wildman–Crippen LogP) is 2.71. The van der Waals surface area contributed by atoms with E-state index in [9.17, 15) is 12.8 Å². The number of sulfonamides is 1. The summed E-state index contributed by atoms with van der Waals surface area (Å²) in [7, 11) is -0.0936. The van der Waals surface area contributed by atoms with Gasteiger partial charge in [0.05, 0.1) is 12.6 Å². The van der Waals surface area contributed by atoms with Gasteiger partial charge in [0.25, 0.3) is 0 Å². The molecule has 0 amide bonds. The highest BCUT2D eigenvalue weighted by atomic mass is 32.2. The second-order valence-corrected chi connectivity index (χ2v) is 8.94. The zero-order valence-electron chi connectivity index (χ0n) is 14.2. The van der Waals surface area contributed by atoms with E-state index in [4.69, 9.17) is 4.84 Å². The Balaban J connectivity index is 1.86. The summed E-state index contributed by atoms with van der Waals surface area (Å²) in [5, 5.41) is 0.893. The molecule has 0 aromatic heterocycles. The lowest BCUT2D eigenvalue weighted by atomic mass is 9.96. The molecule has 0 unspecified atom stereocenters. The molecule has 1 aromatic rings. The molecule has 0 bridgehead atoms. The summed E-state index contributed by atoms with van der Waals surface area (Å²) in [5.74, 6) is -0.334. The van der Waals surface area contributed by atoms with Crippen LogP contribution in [0.15, 0.2) is 24.3 Å². The largest absolute Gasteiger partial charge is 0.297 e. The quantitative estimate of drug-likeness (QED) is 0.832. The van der Waals surface area contributed by atoms with Gasteiger partial charge in [0.1, 0.15) is 11.1 Å². The summed E-state index contributed by atoms with van der Waals surface area (Å²) in [6.07, 6.45) is 5.17. The van der Waals surface area contributed by atoms with Crippen molar-refractivity contribution in [1.82, 2.24) is 9.37 Å². The van der Waals surface area contributed by atoms with Crippen LogP contribution >= 0.6 is 0 Å². The normalized spacial score (nSPS) is 27.0. The summed E-state index contributed by atoms with van der Waals surface area (Å²) in [6.45, 7) is 0.123. The first-order chi connectivity index (χ1) is 11.4. The van der Waals surface area contributed by atoms with E-state index in [1.54, 1.807) is 35.6 Å². The molecule has 5 nitrogen and oxygen atoms in total. The van der Waals surface area contributed by atoms with E-state index in [0.717, 1.165) is 31.2 Å². The zero-order chi connectivity index (χ0) is 17.3. The Labute approximate surface area is 143 Å². The lowest BCUT2D eigenvalue weighted by molar-refractivity contribution is -0.110. The summed E-state index contributed by atoms with van der Waals surface area (Å²) in [6, 6.07) is 5.62. The Bertz CT molecular complexity index is 659. The molecular weight excluding hydrogens is 331 g/mol. The number of benzene rings is 1. The molecule has 2 atom stereocenters. The van der Waals surface area contributed by atoms with Gasteiger partial charge in [0.2, 0.25) is 10.0 Å². The fourth-order valence-corrected chi connectivity index (χ4v) is 5.74. The molecule has 1 aliphatic heterocycles. The third kappa shape index (κ3) is 3.35. The summed E-state index contributed by atoms with van der Waals surface area (Å²) >= 11 is 0. The van der Waals surface area contributed by atoms with E-state index >= 15 is 0 Å². The van der Waals surface area contributed by atoms with Crippen molar-refractivity contribution in [2.24, 2.45) is 0 Å². The van der Waals surface area contributed by atoms with E-state index in [0.29, 0.717) is 0 Å². The molecule has 2 aliphatic rings. The molecule has 1 saturated heterocycles. The summed E-state index contributed by atoms with van der Waals surface area (Å²) in [5.41, 5.74) is 0.752. The average molecular weight is 356 g/mol. The van der Waals surface area contributed by atoms with Crippen molar-refractivity contribution < 1.29 is 17.6 Å². The van der Waals surface area contributed by atoms with Crippen molar-refractivity contribution in [3.05, 3.63) is 35.6 Å². The zero-order valence-corrected chi connectivity index (χ0v) is 15.0. The highest BCUT2D eigenvalue weighted by Gasteiger charge is 2.46. The van der Waals surface area contributed by atoms with E-state index in [2.05, 4.69) is 0 Å². The van der Waals surface area contributed by atoms with Gasteiger partial charge in [-0.1, -0.05) is 31.4 Å². The van der Waals surface area contributed by atoms with E-state index in [1.807, 2.05) is 0 Å². The van der Waals surface area contributed by atoms with Crippen LogP contribution in [0.1, 0.15) is 43.7 Å². The Kier molecular flexibility index (Phi) is 5.24. The fraction of sp³-hybridized carbons (Fsp3) is 0.647. The van der Waals surface area contributed by atoms with Crippen LogP contribution in [0.4, 0.5) is 4.39 Å². The van der Waals surface area contributed by atoms with Gasteiger partial charge in [0, 0.05) is 20.1 Å². The first-order valence-electron chi connectivity index (χ1n) is 8.49. The number of rotatable bonds is 4. The number of hydrogen-bond acceptors (Lipinski definition) is 4. The Morgan fingerprint density at radius 2 is 1.79 bits per heavy atom. The number of nitrogens with zero attached hydrogens (tertiary/aromatic N) is 2. The smallest absolute Gasteiger partial charge is 0.221 e. The van der Waals surface area contributed by atoms with E-state index < -0.39 is 21.3 Å². The first kappa shape index (κ1) is 17.8. The van der Waals surface area contributed by atoms with Gasteiger partial charge in [-0.05, 0) is 30.5 Å². The Morgan fingerprint density at radius 1 is 1.17 bits per heavy atom. The van der Waals surface area contributed by atoms with Crippen molar-refractivity contribution in [3.63, 3.8) is 0 Å². The third-order valence-electron chi connectivity index (χ3n) is 5.27. The van der Waals surface area contributed by atoms with Crippen molar-refractivity contribution >= 4 is 10.0 Å². The van der Waals surface area contributed by atoms with Crippen molar-refractivity contribution in [1.29, 1.82) is 0 Å². The van der Waals surface area contributed by atoms with Crippen LogP contribution < -0.4 is 0 Å². The molecule has 1 aromatic carbocycles. The van der Waals surface area contributed by atoms with Gasteiger partial charge in [-0.15, -0.1) is 0 Å². The second kappa shape index (κ2) is 7.07. The molecule has 1 aliphatic carbocycles. The SMILES string of the molecule is CN1OC[C@H](S(=O)(=O)N(C)C2CCCCC2)[C@@H]1c1ccc(F)cc1. The van der Waals surface area contributed by atoms with Crippen LogP contribution in [0.3, 0.4) is 0 Å². The number of hydroxylamine groups is 2. The minimum absolute atomic E-state index is 0.0727. The Hall–Kier alpha value is -1.02. The van der Waals surface area contributed by atoms with E-state index in [-0.39, 0.29) is 18.5 Å². The van der Waals surface area contributed by atoms with Crippen molar-refractivity contribution in [2.45, 2.75) is 49.4 Å². The second-order valence-electron chi connectivity index (χ2n) is 6.73. The minimum Gasteiger partial charge on any atom is -0.297 e. The van der Waals surface area contributed by atoms with Gasteiger partial charge >= 0.3 is 0 Å². The predicted molar refractivity (Wildman–Crippen MR) is 90.2 cm³/mol. The van der Waals surface area contributed by atoms with Crippen LogP contribution in [0.25, 0.3) is 0 Å². The van der Waals surface area contributed by atoms with Crippen molar-refractivity contribution in [2.75, 3.05) is 20.7 Å². The maximum atomic E-state index is 13.2. The van der Waals surface area contributed by atoms with Gasteiger partial charge in [0.15, 0.2) is 0 Å². The van der Waals surface area contributed by atoms with Crippen molar-refractivity contribution in [3.8, 4) is 0 Å². The molecule has 1 saturated carbocycles. The van der Waals surface area contributed by atoms with Crippen LogP contribution in [0.5, 0.6) is 0 Å². The summed E-state index contributed by atoms with van der Waals surface area (Å²) in [4.78, 5) is 5.52. The van der Waals surface area contributed by atoms with Crippen LogP contribution in [0, 0.1) is 5.82 Å². The van der Waals surface area contributed by atoms with Crippen LogP contribution in [-0.2, 0) is 14.9 Å². The molecule has 0 radical (unpaired) electrons. The average Bonchev–Trinajstić information content (AvgIpc) is 2.98. The molecule has 0 spiro atoms. The van der Waals surface area contributed by atoms with Gasteiger partial charge in [-0.3, -0.25) is 4.84 Å². The van der Waals surface area contributed by atoms with Crippen LogP contribution in [-0.4, -0.2) is 49.8 Å². The maximum Gasteiger partial charge on any atom is 0.221 e. The highest BCUT2D eigenvalue weighted by molar-refractivity contribution is 7.89. The molecular formula is C17H25FN2O3S. The molecule has 0 N–H and O–H groups in total. The standard InChI is InChI=1S/C17H25FN2O3S/c1-19-17(13-8-10-14(18)11-9-13)16(12-23-19)24(21,22)20(2)15-6-4-3-5-7-15/h8-11,15-17H,3-7,12H2,1-2H3/t16-,17-/m0/s1.